The molecule has 0 fully saturated rings. The molecule has 0 aliphatic rings. The van der Waals surface area contributed by atoms with Crippen LogP contribution in [-0.4, -0.2) is 11.0 Å². The molecule has 0 aromatic rings. The van der Waals surface area contributed by atoms with Crippen molar-refractivity contribution in [3.05, 3.63) is 30.1 Å². The van der Waals surface area contributed by atoms with Gasteiger partial charge in [-0.3, -0.25) is 0 Å². The fourth-order valence-corrected chi connectivity index (χ4v) is 0.678. The summed E-state index contributed by atoms with van der Waals surface area (Å²) in [6.07, 6.45) is 1.56. The van der Waals surface area contributed by atoms with E-state index in [1.807, 2.05) is 0 Å². The molecule has 0 aliphatic carbocycles. The molecule has 0 saturated carbocycles. The number of nitrogens with zero attached hydrogens (tertiary/aromatic N) is 2. The standard InChI is InChI=1S/C8H8Cl2N2/c1-4-6(3)11-8(10)12-7(9)5-2/h4H,1-2H2,3H3. The van der Waals surface area contributed by atoms with Crippen LogP contribution in [0.25, 0.3) is 0 Å². The van der Waals surface area contributed by atoms with Gasteiger partial charge in [0.15, 0.2) is 5.16 Å². The Morgan fingerprint density at radius 1 is 1.42 bits per heavy atom. The molecule has 0 saturated heterocycles. The van der Waals surface area contributed by atoms with Gasteiger partial charge in [-0.15, -0.1) is 0 Å². The van der Waals surface area contributed by atoms with E-state index in [0.29, 0.717) is 5.71 Å². The number of hydrogen-bond donors (Lipinski definition) is 0. The predicted molar refractivity (Wildman–Crippen MR) is 55.1 cm³/mol. The van der Waals surface area contributed by atoms with Gasteiger partial charge in [-0.05, 0) is 24.6 Å². The molecule has 0 heterocycles. The van der Waals surface area contributed by atoms with E-state index in [1.165, 1.54) is 0 Å². The molecule has 0 unspecified atom stereocenters. The van der Waals surface area contributed by atoms with Gasteiger partial charge in [-0.2, -0.15) is 4.99 Å². The first-order valence-electron chi connectivity index (χ1n) is 3.07. The van der Waals surface area contributed by atoms with Crippen LogP contribution in [0.4, 0.5) is 0 Å². The van der Waals surface area contributed by atoms with E-state index in [4.69, 9.17) is 23.2 Å². The summed E-state index contributed by atoms with van der Waals surface area (Å²) in [4.78, 5) is 7.46. The van der Waals surface area contributed by atoms with Crippen LogP contribution in [-0.2, 0) is 0 Å². The van der Waals surface area contributed by atoms with Crippen molar-refractivity contribution < 1.29 is 0 Å². The van der Waals surface area contributed by atoms with Crippen LogP contribution < -0.4 is 0 Å². The minimum Gasteiger partial charge on any atom is -0.223 e. The molecule has 12 heavy (non-hydrogen) atoms. The molecule has 64 valence electrons. The lowest BCUT2D eigenvalue weighted by Crippen LogP contribution is -1.89. The highest BCUT2D eigenvalue weighted by Gasteiger charge is 1.91. The molecule has 0 aliphatic heterocycles. The van der Waals surface area contributed by atoms with Gasteiger partial charge < -0.3 is 0 Å². The highest BCUT2D eigenvalue weighted by molar-refractivity contribution is 6.66. The van der Waals surface area contributed by atoms with Gasteiger partial charge >= 0.3 is 0 Å². The third-order valence-electron chi connectivity index (χ3n) is 0.900. The van der Waals surface area contributed by atoms with Crippen molar-refractivity contribution in [3.63, 3.8) is 0 Å². The Hall–Kier alpha value is -0.820. The molecule has 0 spiro atoms. The van der Waals surface area contributed by atoms with Crippen LogP contribution in [0.5, 0.6) is 0 Å². The second kappa shape index (κ2) is 5.78. The summed E-state index contributed by atoms with van der Waals surface area (Å²) in [7, 11) is 0. The Bertz CT molecular complexity index is 283. The Kier molecular flexibility index (Phi) is 5.39. The van der Waals surface area contributed by atoms with Gasteiger partial charge in [0.25, 0.3) is 0 Å². The normalized spacial score (nSPS) is 12.2. The van der Waals surface area contributed by atoms with Crippen molar-refractivity contribution in [3.8, 4) is 0 Å². The van der Waals surface area contributed by atoms with Crippen molar-refractivity contribution in [1.29, 1.82) is 0 Å². The maximum absolute atomic E-state index is 5.57. The summed E-state index contributed by atoms with van der Waals surface area (Å²) in [6.45, 7) is 8.53. The van der Waals surface area contributed by atoms with Crippen molar-refractivity contribution in [2.45, 2.75) is 6.92 Å². The van der Waals surface area contributed by atoms with Gasteiger partial charge in [0.05, 0.1) is 0 Å². The van der Waals surface area contributed by atoms with Crippen molar-refractivity contribution in [2.75, 3.05) is 0 Å². The summed E-state index contributed by atoms with van der Waals surface area (Å²) in [5, 5.41) is 0.120. The smallest absolute Gasteiger partial charge is 0.223 e. The van der Waals surface area contributed by atoms with Crippen LogP contribution in [0.2, 0.25) is 0 Å². The summed E-state index contributed by atoms with van der Waals surface area (Å²) in [5.41, 5.74) is 3.02. The number of aliphatic imine (C=N–C) groups is 2. The fourth-order valence-electron chi connectivity index (χ4n) is 0.337. The number of amidine groups is 1. The van der Waals surface area contributed by atoms with E-state index in [0.717, 1.165) is 0 Å². The molecule has 0 aromatic heterocycles. The van der Waals surface area contributed by atoms with Crippen molar-refractivity contribution in [1.82, 2.24) is 0 Å². The SMILES string of the molecule is C=C=C(Cl)N=C(Cl)N=C(C)C=C. The Labute approximate surface area is 81.6 Å². The van der Waals surface area contributed by atoms with Gasteiger partial charge in [-0.25, -0.2) is 4.99 Å². The quantitative estimate of drug-likeness (QED) is 0.285. The zero-order valence-electron chi connectivity index (χ0n) is 6.64. The van der Waals surface area contributed by atoms with Gasteiger partial charge in [0, 0.05) is 5.71 Å². The van der Waals surface area contributed by atoms with Crippen LogP contribution in [0.1, 0.15) is 6.92 Å². The Balaban J connectivity index is 4.61. The Morgan fingerprint density at radius 2 is 2.00 bits per heavy atom. The molecule has 2 nitrogen and oxygen atoms in total. The Morgan fingerprint density at radius 3 is 2.42 bits per heavy atom. The summed E-state index contributed by atoms with van der Waals surface area (Å²) in [5.74, 6) is 0. The van der Waals surface area contributed by atoms with Gasteiger partial charge in [-0.1, -0.05) is 30.5 Å². The second-order valence-electron chi connectivity index (χ2n) is 1.81. The zero-order chi connectivity index (χ0) is 9.56. The molecule has 0 radical (unpaired) electrons. The lowest BCUT2D eigenvalue weighted by Gasteiger charge is -1.89. The average molecular weight is 203 g/mol. The van der Waals surface area contributed by atoms with E-state index in [1.54, 1.807) is 13.0 Å². The molecule has 0 atom stereocenters. The van der Waals surface area contributed by atoms with Crippen molar-refractivity contribution >= 4 is 34.2 Å². The van der Waals surface area contributed by atoms with Gasteiger partial charge in [0.1, 0.15) is 0 Å². The third kappa shape index (κ3) is 4.91. The predicted octanol–water partition coefficient (Wildman–Crippen LogP) is 3.09. The fraction of sp³-hybridized carbons (Fsp3) is 0.125. The number of rotatable bonds is 2. The summed E-state index contributed by atoms with van der Waals surface area (Å²) in [6, 6.07) is 0. The first kappa shape index (κ1) is 11.2. The third-order valence-corrected chi connectivity index (χ3v) is 1.29. The summed E-state index contributed by atoms with van der Waals surface area (Å²) >= 11 is 11.0. The van der Waals surface area contributed by atoms with E-state index < -0.39 is 0 Å². The highest BCUT2D eigenvalue weighted by Crippen LogP contribution is 2.03. The lowest BCUT2D eigenvalue weighted by atomic mass is 10.4. The zero-order valence-corrected chi connectivity index (χ0v) is 8.15. The molecular weight excluding hydrogens is 195 g/mol. The summed E-state index contributed by atoms with van der Waals surface area (Å²) < 4.78 is 0. The van der Waals surface area contributed by atoms with Crippen LogP contribution in [0.15, 0.2) is 40.1 Å². The van der Waals surface area contributed by atoms with Crippen LogP contribution in [0.3, 0.4) is 0 Å². The van der Waals surface area contributed by atoms with E-state index in [9.17, 15) is 0 Å². The molecular formula is C8H8Cl2N2. The first-order chi connectivity index (χ1) is 5.60. The monoisotopic (exact) mass is 202 g/mol. The molecule has 0 N–H and O–H groups in total. The van der Waals surface area contributed by atoms with E-state index in [-0.39, 0.29) is 10.5 Å². The number of hydrogen-bond acceptors (Lipinski definition) is 1. The number of allylic oxidation sites excluding steroid dienone is 1. The van der Waals surface area contributed by atoms with Crippen molar-refractivity contribution in [2.24, 2.45) is 9.98 Å². The topological polar surface area (TPSA) is 24.7 Å². The number of halogens is 2. The molecule has 4 heteroatoms. The molecule has 0 aromatic carbocycles. The molecule has 0 amide bonds. The van der Waals surface area contributed by atoms with Crippen LogP contribution >= 0.6 is 23.2 Å². The minimum atomic E-state index is 0.0357. The maximum Gasteiger partial charge on any atom is 0.224 e. The first-order valence-corrected chi connectivity index (χ1v) is 3.83. The highest BCUT2D eigenvalue weighted by atomic mass is 35.5. The molecule has 0 bridgehead atoms. The van der Waals surface area contributed by atoms with Gasteiger partial charge in [0.2, 0.25) is 5.29 Å². The minimum absolute atomic E-state index is 0.0357. The molecule has 0 rings (SSSR count). The van der Waals surface area contributed by atoms with Crippen LogP contribution in [0, 0.1) is 0 Å². The van der Waals surface area contributed by atoms with E-state index >= 15 is 0 Å². The second-order valence-corrected chi connectivity index (χ2v) is 2.50. The van der Waals surface area contributed by atoms with E-state index in [2.05, 4.69) is 28.9 Å². The largest absolute Gasteiger partial charge is 0.224 e. The maximum atomic E-state index is 5.57. The lowest BCUT2D eigenvalue weighted by molar-refractivity contribution is 1.49. The average Bonchev–Trinajstić information content (AvgIpc) is 2.03.